The molecule has 0 unspecified atom stereocenters. The summed E-state index contributed by atoms with van der Waals surface area (Å²) in [6, 6.07) is 12.7. The van der Waals surface area contributed by atoms with Gasteiger partial charge < -0.3 is 10.0 Å². The minimum atomic E-state index is -2.90. The highest BCUT2D eigenvalue weighted by Gasteiger charge is 2.52. The number of halogens is 2. The number of fused-ring (bicyclic) bond motifs is 3. The van der Waals surface area contributed by atoms with Crippen molar-refractivity contribution in [2.24, 2.45) is 11.3 Å². The number of alkyl halides is 2. The first-order valence-electron chi connectivity index (χ1n) is 12.8. The van der Waals surface area contributed by atoms with E-state index in [1.165, 1.54) is 12.3 Å². The fourth-order valence-corrected chi connectivity index (χ4v) is 6.62. The second-order valence-corrected chi connectivity index (χ2v) is 11.8. The molecule has 7 heteroatoms. The van der Waals surface area contributed by atoms with Gasteiger partial charge in [-0.3, -0.25) is 9.78 Å². The van der Waals surface area contributed by atoms with Gasteiger partial charge in [-0.25, -0.2) is 8.78 Å². The van der Waals surface area contributed by atoms with Crippen LogP contribution in [0.1, 0.15) is 82.0 Å². The van der Waals surface area contributed by atoms with Gasteiger partial charge in [0.05, 0.1) is 17.2 Å². The van der Waals surface area contributed by atoms with Crippen LogP contribution in [0.2, 0.25) is 0 Å². The van der Waals surface area contributed by atoms with Gasteiger partial charge in [-0.2, -0.15) is 5.26 Å². The van der Waals surface area contributed by atoms with E-state index in [4.69, 9.17) is 0 Å². The van der Waals surface area contributed by atoms with Gasteiger partial charge in [0.25, 0.3) is 5.92 Å². The van der Waals surface area contributed by atoms with E-state index in [9.17, 15) is 23.9 Å². The van der Waals surface area contributed by atoms with Crippen LogP contribution in [-0.4, -0.2) is 28.1 Å². The minimum absolute atomic E-state index is 0.0196. The summed E-state index contributed by atoms with van der Waals surface area (Å²) in [6.45, 7) is 3.24. The lowest BCUT2D eigenvalue weighted by Crippen LogP contribution is -2.54. The Labute approximate surface area is 211 Å². The number of hydrogen-bond acceptors (Lipinski definition) is 4. The summed E-state index contributed by atoms with van der Waals surface area (Å²) in [5.41, 5.74) is 1.18. The molecule has 0 aliphatic heterocycles. The highest BCUT2D eigenvalue weighted by molar-refractivity contribution is 5.96. The first kappa shape index (κ1) is 24.8. The van der Waals surface area contributed by atoms with Crippen molar-refractivity contribution in [1.29, 1.82) is 5.26 Å². The number of nitriles is 1. The average molecular weight is 494 g/mol. The second-order valence-electron chi connectivity index (χ2n) is 11.8. The third-order valence-electron chi connectivity index (χ3n) is 8.98. The zero-order valence-corrected chi connectivity index (χ0v) is 20.9. The van der Waals surface area contributed by atoms with E-state index in [0.717, 1.165) is 56.8 Å². The lowest BCUT2D eigenvalue weighted by atomic mass is 9.52. The first-order chi connectivity index (χ1) is 16.9. The second kappa shape index (κ2) is 8.62. The Morgan fingerprint density at radius 2 is 1.83 bits per heavy atom. The molecular weight excluding hydrogens is 460 g/mol. The molecule has 1 amide bonds. The van der Waals surface area contributed by atoms with Gasteiger partial charge in [-0.05, 0) is 94.0 Å². The van der Waals surface area contributed by atoms with Gasteiger partial charge in [0.15, 0.2) is 0 Å². The highest BCUT2D eigenvalue weighted by atomic mass is 19.3. The number of rotatable bonds is 6. The zero-order valence-electron chi connectivity index (χ0n) is 20.9. The summed E-state index contributed by atoms with van der Waals surface area (Å²) in [5, 5.41) is 19.6. The molecule has 4 aliphatic rings. The maximum Gasteiger partial charge on any atom is 0.272 e. The third-order valence-corrected chi connectivity index (χ3v) is 8.98. The lowest BCUT2D eigenvalue weighted by molar-refractivity contribution is -0.137. The van der Waals surface area contributed by atoms with Crippen molar-refractivity contribution < 1.29 is 18.7 Å². The molecule has 1 aromatic carbocycles. The Kier molecular flexibility index (Phi) is 5.95. The van der Waals surface area contributed by atoms with Crippen LogP contribution in [0, 0.1) is 22.7 Å². The number of pyridine rings is 1. The largest absolute Gasteiger partial charge is 0.390 e. The molecule has 0 saturated heterocycles. The molecule has 190 valence electrons. The molecule has 4 fully saturated rings. The molecule has 1 N–H and O–H groups in total. The van der Waals surface area contributed by atoms with E-state index in [1.54, 1.807) is 25.1 Å². The van der Waals surface area contributed by atoms with Crippen LogP contribution in [-0.2, 0) is 16.1 Å². The van der Waals surface area contributed by atoms with Crippen molar-refractivity contribution in [2.75, 3.05) is 11.4 Å². The maximum atomic E-state index is 13.7. The molecule has 2 bridgehead atoms. The van der Waals surface area contributed by atoms with Crippen molar-refractivity contribution in [1.82, 2.24) is 4.98 Å². The monoisotopic (exact) mass is 493 g/mol. The highest BCUT2D eigenvalue weighted by Crippen LogP contribution is 2.58. The number of amides is 1. The number of anilines is 1. The van der Waals surface area contributed by atoms with E-state index in [2.05, 4.69) is 11.1 Å². The smallest absolute Gasteiger partial charge is 0.272 e. The summed E-state index contributed by atoms with van der Waals surface area (Å²) in [7, 11) is 0. The summed E-state index contributed by atoms with van der Waals surface area (Å²) in [6.07, 6.45) is 7.78. The van der Waals surface area contributed by atoms with Crippen LogP contribution in [0.4, 0.5) is 14.5 Å². The Morgan fingerprint density at radius 3 is 2.36 bits per heavy atom. The predicted molar refractivity (Wildman–Crippen MR) is 132 cm³/mol. The third kappa shape index (κ3) is 4.52. The van der Waals surface area contributed by atoms with E-state index in [-0.39, 0.29) is 28.2 Å². The number of nitrogens with zero attached hydrogens (tertiary/aromatic N) is 3. The molecule has 4 saturated carbocycles. The number of aliphatic hydroxyl groups is 1. The molecule has 1 heterocycles. The maximum absolute atomic E-state index is 13.7. The van der Waals surface area contributed by atoms with Crippen LogP contribution in [0.25, 0.3) is 0 Å². The molecule has 2 aromatic rings. The van der Waals surface area contributed by atoms with Crippen molar-refractivity contribution in [3.05, 3.63) is 59.4 Å². The number of aromatic nitrogens is 1. The summed E-state index contributed by atoms with van der Waals surface area (Å²) >= 11 is 0. The van der Waals surface area contributed by atoms with Crippen LogP contribution < -0.4 is 4.90 Å². The fourth-order valence-electron chi connectivity index (χ4n) is 6.62. The Hall–Kier alpha value is -2.85. The Balaban J connectivity index is 1.36. The Bertz CT molecular complexity index is 1160. The Morgan fingerprint density at radius 1 is 1.17 bits per heavy atom. The van der Waals surface area contributed by atoms with Gasteiger partial charge >= 0.3 is 0 Å². The minimum Gasteiger partial charge on any atom is -0.390 e. The fraction of sp³-hybridized carbons (Fsp3) is 0.552. The van der Waals surface area contributed by atoms with Crippen molar-refractivity contribution >= 4 is 11.6 Å². The molecule has 0 radical (unpaired) electrons. The standard InChI is InChI=1S/C29H33F2N3O2/c1-26(36)15-21(16-26)25(35)34(23-5-3-4-20(14-23)17-32)19-28-8-11-29(12-9-28,13-10-28)24-7-6-22(18-33-24)27(2,30)31/h3-7,14,18,21,36H,8-13,15-16,19H2,1-2H3. The summed E-state index contributed by atoms with van der Waals surface area (Å²) < 4.78 is 27.3. The zero-order chi connectivity index (χ0) is 25.8. The molecular formula is C29H33F2N3O2. The van der Waals surface area contributed by atoms with Gasteiger partial charge in [0, 0.05) is 47.9 Å². The summed E-state index contributed by atoms with van der Waals surface area (Å²) in [5.74, 6) is -3.09. The molecule has 5 nitrogen and oxygen atoms in total. The van der Waals surface area contributed by atoms with Gasteiger partial charge in [-0.1, -0.05) is 6.07 Å². The van der Waals surface area contributed by atoms with Gasteiger partial charge in [0.1, 0.15) is 0 Å². The van der Waals surface area contributed by atoms with Crippen molar-refractivity contribution in [3.63, 3.8) is 0 Å². The number of benzene rings is 1. The summed E-state index contributed by atoms with van der Waals surface area (Å²) in [4.78, 5) is 19.9. The van der Waals surface area contributed by atoms with Gasteiger partial charge in [0.2, 0.25) is 5.91 Å². The predicted octanol–water partition coefficient (Wildman–Crippen LogP) is 5.85. The van der Waals surface area contributed by atoms with Crippen LogP contribution in [0.3, 0.4) is 0 Å². The van der Waals surface area contributed by atoms with E-state index in [1.807, 2.05) is 17.0 Å². The normalized spacial score (nSPS) is 31.4. The molecule has 0 spiro atoms. The van der Waals surface area contributed by atoms with Crippen LogP contribution in [0.15, 0.2) is 42.6 Å². The van der Waals surface area contributed by atoms with Crippen LogP contribution >= 0.6 is 0 Å². The molecule has 0 atom stereocenters. The van der Waals surface area contributed by atoms with Crippen LogP contribution in [0.5, 0.6) is 0 Å². The van der Waals surface area contributed by atoms with E-state index >= 15 is 0 Å². The quantitative estimate of drug-likeness (QED) is 0.548. The van der Waals surface area contributed by atoms with E-state index in [0.29, 0.717) is 24.9 Å². The SMILES string of the molecule is CC1(O)CC(C(=O)N(CC23CCC(c4ccc(C(C)(F)F)cn4)(CC2)CC3)c2cccc(C#N)c2)C1. The topological polar surface area (TPSA) is 77.2 Å². The lowest BCUT2D eigenvalue weighted by Gasteiger charge is -2.55. The van der Waals surface area contributed by atoms with E-state index < -0.39 is 11.5 Å². The molecule has 36 heavy (non-hydrogen) atoms. The first-order valence-corrected chi connectivity index (χ1v) is 12.8. The average Bonchev–Trinajstić information content (AvgIpc) is 2.86. The van der Waals surface area contributed by atoms with Gasteiger partial charge in [-0.15, -0.1) is 0 Å². The number of hydrogen-bond donors (Lipinski definition) is 1. The number of carbonyl (C=O) groups is 1. The number of carbonyl (C=O) groups excluding carboxylic acids is 1. The molecule has 6 rings (SSSR count). The van der Waals surface area contributed by atoms with Crippen molar-refractivity contribution in [3.8, 4) is 6.07 Å². The van der Waals surface area contributed by atoms with Crippen molar-refractivity contribution in [2.45, 2.75) is 82.2 Å². The molecule has 1 aromatic heterocycles. The molecule has 4 aliphatic carbocycles.